The number of aliphatic hydroxyl groups is 1. The van der Waals surface area contributed by atoms with E-state index in [0.717, 1.165) is 42.1 Å². The third-order valence-corrected chi connectivity index (χ3v) is 6.04. The third-order valence-electron chi connectivity index (χ3n) is 6.04. The number of halogens is 2. The summed E-state index contributed by atoms with van der Waals surface area (Å²) in [5.74, 6) is -0.439. The van der Waals surface area contributed by atoms with Crippen LogP contribution in [0.3, 0.4) is 0 Å². The molecule has 4 rings (SSSR count). The lowest BCUT2D eigenvalue weighted by Crippen LogP contribution is -2.46. The van der Waals surface area contributed by atoms with Gasteiger partial charge in [0, 0.05) is 48.1 Å². The smallest absolute Gasteiger partial charge is 0.159 e. The van der Waals surface area contributed by atoms with Crippen LogP contribution in [0, 0.1) is 24.0 Å². The van der Waals surface area contributed by atoms with Crippen molar-refractivity contribution < 1.29 is 13.9 Å². The number of nitrogens with zero attached hydrogens (tertiary/aromatic N) is 3. The van der Waals surface area contributed by atoms with E-state index in [1.165, 1.54) is 12.1 Å². The number of likely N-dealkylation sites (tertiary alicyclic amines) is 1. The van der Waals surface area contributed by atoms with Crippen LogP contribution in [0.5, 0.6) is 0 Å². The Morgan fingerprint density at radius 3 is 2.61 bits per heavy atom. The standard InChI is InChI=1S/C25H27F2N3O/c1-18-4-2-5-20(10-18)24-28-13-19(14-29-24)15-30-9-3-8-25(16-30,17-31)12-21-6-7-22(26)11-23(21)27/h2,4-7,10-11,13-14,31H,3,8-9,12,15-17H2,1H3. The zero-order chi connectivity index (χ0) is 21.8. The highest BCUT2D eigenvalue weighted by Crippen LogP contribution is 2.34. The van der Waals surface area contributed by atoms with E-state index in [0.29, 0.717) is 30.9 Å². The number of aliphatic hydroxyl groups excluding tert-OH is 1. The summed E-state index contributed by atoms with van der Waals surface area (Å²) in [6.07, 6.45) is 5.79. The lowest BCUT2D eigenvalue weighted by atomic mass is 9.75. The molecule has 0 saturated carbocycles. The van der Waals surface area contributed by atoms with Crippen molar-refractivity contribution in [1.29, 1.82) is 0 Å². The Bertz CT molecular complexity index is 1040. The van der Waals surface area contributed by atoms with Gasteiger partial charge in [-0.15, -0.1) is 0 Å². The zero-order valence-electron chi connectivity index (χ0n) is 17.7. The molecule has 1 atom stereocenters. The van der Waals surface area contributed by atoms with Crippen molar-refractivity contribution in [3.63, 3.8) is 0 Å². The van der Waals surface area contributed by atoms with Crippen molar-refractivity contribution in [2.75, 3.05) is 19.7 Å². The molecule has 1 N–H and O–H groups in total. The largest absolute Gasteiger partial charge is 0.396 e. The average Bonchev–Trinajstić information content (AvgIpc) is 2.77. The Labute approximate surface area is 181 Å². The highest BCUT2D eigenvalue weighted by atomic mass is 19.1. The van der Waals surface area contributed by atoms with Crippen LogP contribution < -0.4 is 0 Å². The molecule has 2 heterocycles. The predicted octanol–water partition coefficient (Wildman–Crippen LogP) is 4.55. The Morgan fingerprint density at radius 1 is 1.10 bits per heavy atom. The summed E-state index contributed by atoms with van der Waals surface area (Å²) < 4.78 is 27.5. The Kier molecular flexibility index (Phi) is 6.39. The highest BCUT2D eigenvalue weighted by molar-refractivity contribution is 5.55. The van der Waals surface area contributed by atoms with Crippen LogP contribution in [0.4, 0.5) is 8.78 Å². The molecule has 6 heteroatoms. The van der Waals surface area contributed by atoms with Gasteiger partial charge in [0.2, 0.25) is 0 Å². The Balaban J connectivity index is 1.45. The molecule has 1 saturated heterocycles. The SMILES string of the molecule is Cc1cccc(-c2ncc(CN3CCCC(CO)(Cc4ccc(F)cc4F)C3)cn2)c1. The quantitative estimate of drug-likeness (QED) is 0.632. The van der Waals surface area contributed by atoms with Crippen molar-refractivity contribution >= 4 is 0 Å². The fraction of sp³-hybridized carbons (Fsp3) is 0.360. The summed E-state index contributed by atoms with van der Waals surface area (Å²) in [6, 6.07) is 11.8. The minimum absolute atomic E-state index is 0.0386. The predicted molar refractivity (Wildman–Crippen MR) is 116 cm³/mol. The lowest BCUT2D eigenvalue weighted by molar-refractivity contribution is 0.0282. The average molecular weight is 424 g/mol. The van der Waals surface area contributed by atoms with Gasteiger partial charge in [0.05, 0.1) is 6.61 Å². The monoisotopic (exact) mass is 423 g/mol. The van der Waals surface area contributed by atoms with Gasteiger partial charge >= 0.3 is 0 Å². The molecule has 0 radical (unpaired) electrons. The molecule has 1 fully saturated rings. The van der Waals surface area contributed by atoms with Crippen molar-refractivity contribution in [1.82, 2.24) is 14.9 Å². The molecule has 31 heavy (non-hydrogen) atoms. The number of hydrogen-bond donors (Lipinski definition) is 1. The van der Waals surface area contributed by atoms with E-state index in [1.807, 2.05) is 37.5 Å². The summed E-state index contributed by atoms with van der Waals surface area (Å²) in [4.78, 5) is 11.3. The maximum atomic E-state index is 14.2. The van der Waals surface area contributed by atoms with Crippen molar-refractivity contribution in [3.8, 4) is 11.4 Å². The van der Waals surface area contributed by atoms with Crippen LogP contribution in [0.2, 0.25) is 0 Å². The van der Waals surface area contributed by atoms with Gasteiger partial charge in [0.15, 0.2) is 5.82 Å². The topological polar surface area (TPSA) is 49.2 Å². The molecule has 2 aromatic carbocycles. The van der Waals surface area contributed by atoms with E-state index in [1.54, 1.807) is 0 Å². The first-order valence-electron chi connectivity index (χ1n) is 10.6. The molecule has 0 spiro atoms. The van der Waals surface area contributed by atoms with Gasteiger partial charge in [-0.25, -0.2) is 18.7 Å². The van der Waals surface area contributed by atoms with Gasteiger partial charge in [-0.3, -0.25) is 4.90 Å². The summed E-state index contributed by atoms with van der Waals surface area (Å²) in [5.41, 5.74) is 3.15. The number of benzene rings is 2. The molecular formula is C25H27F2N3O. The maximum absolute atomic E-state index is 14.2. The number of rotatable bonds is 6. The van der Waals surface area contributed by atoms with E-state index in [2.05, 4.69) is 20.9 Å². The van der Waals surface area contributed by atoms with Gasteiger partial charge in [0.25, 0.3) is 0 Å². The summed E-state index contributed by atoms with van der Waals surface area (Å²) in [5, 5.41) is 10.2. The van der Waals surface area contributed by atoms with Crippen LogP contribution in [0.25, 0.3) is 11.4 Å². The molecule has 0 aliphatic carbocycles. The first-order chi connectivity index (χ1) is 15.0. The fourth-order valence-corrected chi connectivity index (χ4v) is 4.47. The number of piperidine rings is 1. The molecular weight excluding hydrogens is 396 g/mol. The van der Waals surface area contributed by atoms with Crippen LogP contribution in [-0.2, 0) is 13.0 Å². The molecule has 0 amide bonds. The van der Waals surface area contributed by atoms with Crippen LogP contribution in [0.1, 0.15) is 29.5 Å². The van der Waals surface area contributed by atoms with Crippen molar-refractivity contribution in [2.45, 2.75) is 32.7 Å². The van der Waals surface area contributed by atoms with Gasteiger partial charge in [-0.1, -0.05) is 29.8 Å². The van der Waals surface area contributed by atoms with E-state index in [-0.39, 0.29) is 6.61 Å². The summed E-state index contributed by atoms with van der Waals surface area (Å²) in [7, 11) is 0. The fourth-order valence-electron chi connectivity index (χ4n) is 4.47. The molecule has 0 bridgehead atoms. The Hall–Kier alpha value is -2.70. The second-order valence-electron chi connectivity index (χ2n) is 8.67. The summed E-state index contributed by atoms with van der Waals surface area (Å²) in [6.45, 7) is 4.21. The normalized spacial score (nSPS) is 19.5. The molecule has 4 nitrogen and oxygen atoms in total. The van der Waals surface area contributed by atoms with Gasteiger partial charge < -0.3 is 5.11 Å². The molecule has 1 aliphatic rings. The zero-order valence-corrected chi connectivity index (χ0v) is 17.7. The van der Waals surface area contributed by atoms with E-state index in [4.69, 9.17) is 0 Å². The first kappa shape index (κ1) is 21.5. The van der Waals surface area contributed by atoms with Crippen LogP contribution in [-0.4, -0.2) is 39.7 Å². The number of aryl methyl sites for hydroxylation is 1. The molecule has 162 valence electrons. The number of hydrogen-bond acceptors (Lipinski definition) is 4. The molecule has 1 unspecified atom stereocenters. The number of aromatic nitrogens is 2. The van der Waals surface area contributed by atoms with Gasteiger partial charge in [0.1, 0.15) is 11.6 Å². The third kappa shape index (κ3) is 5.14. The second kappa shape index (κ2) is 9.20. The first-order valence-corrected chi connectivity index (χ1v) is 10.6. The van der Waals surface area contributed by atoms with Gasteiger partial charge in [-0.05, 0) is 50.4 Å². The Morgan fingerprint density at radius 2 is 1.90 bits per heavy atom. The minimum Gasteiger partial charge on any atom is -0.396 e. The second-order valence-corrected chi connectivity index (χ2v) is 8.67. The summed E-state index contributed by atoms with van der Waals surface area (Å²) >= 11 is 0. The maximum Gasteiger partial charge on any atom is 0.159 e. The van der Waals surface area contributed by atoms with E-state index >= 15 is 0 Å². The van der Waals surface area contributed by atoms with Crippen molar-refractivity contribution in [3.05, 3.63) is 83.2 Å². The molecule has 1 aliphatic heterocycles. The van der Waals surface area contributed by atoms with E-state index < -0.39 is 17.0 Å². The van der Waals surface area contributed by atoms with Crippen molar-refractivity contribution in [2.24, 2.45) is 5.41 Å². The lowest BCUT2D eigenvalue weighted by Gasteiger charge is -2.42. The van der Waals surface area contributed by atoms with Crippen LogP contribution >= 0.6 is 0 Å². The highest BCUT2D eigenvalue weighted by Gasteiger charge is 2.36. The van der Waals surface area contributed by atoms with Crippen LogP contribution in [0.15, 0.2) is 54.9 Å². The minimum atomic E-state index is -0.585. The van der Waals surface area contributed by atoms with Gasteiger partial charge in [-0.2, -0.15) is 0 Å². The molecule has 3 aromatic rings. The molecule has 1 aromatic heterocycles. The van der Waals surface area contributed by atoms with E-state index in [9.17, 15) is 13.9 Å².